The molecule has 3 aromatic rings. The van der Waals surface area contributed by atoms with Crippen molar-refractivity contribution >= 4 is 17.3 Å². The maximum atomic E-state index is 12.8. The second-order valence-electron chi connectivity index (χ2n) is 11.9. The van der Waals surface area contributed by atoms with E-state index in [9.17, 15) is 4.79 Å². The number of nitrogens with two attached hydrogens (primary N) is 1. The van der Waals surface area contributed by atoms with Crippen LogP contribution in [0.15, 0.2) is 48.5 Å². The number of nitrogens with one attached hydrogen (secondary N) is 1. The lowest BCUT2D eigenvalue weighted by Gasteiger charge is -2.34. The van der Waals surface area contributed by atoms with E-state index in [0.717, 1.165) is 54.1 Å². The Morgan fingerprint density at radius 3 is 2.70 bits per heavy atom. The van der Waals surface area contributed by atoms with Crippen LogP contribution in [0.3, 0.4) is 0 Å². The summed E-state index contributed by atoms with van der Waals surface area (Å²) in [5.41, 5.74) is 16.2. The maximum Gasteiger partial charge on any atom is 0.306 e. The monoisotopic (exact) mass is 541 g/mol. The van der Waals surface area contributed by atoms with Gasteiger partial charge in [-0.15, -0.1) is 0 Å². The van der Waals surface area contributed by atoms with E-state index < -0.39 is 0 Å². The molecule has 0 aromatic heterocycles. The molecule has 1 aliphatic heterocycles. The number of hydrogen-bond acceptors (Lipinski definition) is 6. The van der Waals surface area contributed by atoms with Gasteiger partial charge in [-0.3, -0.25) is 9.69 Å². The Kier molecular flexibility index (Phi) is 7.83. The minimum absolute atomic E-state index is 0.147. The van der Waals surface area contributed by atoms with Crippen LogP contribution in [0, 0.1) is 13.8 Å². The van der Waals surface area contributed by atoms with Crippen LogP contribution in [0.2, 0.25) is 0 Å². The SMILES string of the molecule is CCOC(=O)CC(c1ccc2c(c1)C(N1Cc3cc(C)ccc3OC(C)(C)C1)CC2)c1ccc(NC)c(N)c1C. The molecule has 0 fully saturated rings. The Labute approximate surface area is 238 Å². The van der Waals surface area contributed by atoms with Crippen LogP contribution in [0.1, 0.15) is 84.5 Å². The van der Waals surface area contributed by atoms with Gasteiger partial charge in [-0.05, 0) is 87.4 Å². The molecule has 6 heteroatoms. The zero-order valence-corrected chi connectivity index (χ0v) is 24.8. The molecule has 1 heterocycles. The number of hydrogen-bond donors (Lipinski definition) is 2. The number of nitrogen functional groups attached to an aromatic ring is 1. The summed E-state index contributed by atoms with van der Waals surface area (Å²) < 4.78 is 11.9. The summed E-state index contributed by atoms with van der Waals surface area (Å²) in [6.07, 6.45) is 2.39. The molecule has 6 nitrogen and oxygen atoms in total. The summed E-state index contributed by atoms with van der Waals surface area (Å²) in [6, 6.07) is 17.7. The summed E-state index contributed by atoms with van der Waals surface area (Å²) in [6.45, 7) is 12.4. The van der Waals surface area contributed by atoms with E-state index in [-0.39, 0.29) is 30.0 Å². The highest BCUT2D eigenvalue weighted by Gasteiger charge is 2.36. The van der Waals surface area contributed by atoms with Crippen molar-refractivity contribution in [3.05, 3.63) is 87.5 Å². The number of rotatable bonds is 7. The zero-order valence-electron chi connectivity index (χ0n) is 24.8. The van der Waals surface area contributed by atoms with E-state index in [1.807, 2.05) is 27.0 Å². The molecule has 0 spiro atoms. The Hall–Kier alpha value is -3.51. The van der Waals surface area contributed by atoms with Gasteiger partial charge < -0.3 is 20.5 Å². The fourth-order valence-electron chi connectivity index (χ4n) is 6.58. The molecular weight excluding hydrogens is 498 g/mol. The highest BCUT2D eigenvalue weighted by molar-refractivity contribution is 5.75. The molecule has 3 N–H and O–H groups in total. The van der Waals surface area contributed by atoms with Gasteiger partial charge in [0, 0.05) is 37.7 Å². The zero-order chi connectivity index (χ0) is 28.6. The smallest absolute Gasteiger partial charge is 0.306 e. The fraction of sp³-hybridized carbons (Fsp3) is 0.441. The number of fused-ring (bicyclic) bond motifs is 2. The molecule has 0 amide bonds. The maximum absolute atomic E-state index is 12.8. The van der Waals surface area contributed by atoms with Gasteiger partial charge in [0.05, 0.1) is 24.4 Å². The molecule has 1 aliphatic carbocycles. The van der Waals surface area contributed by atoms with Gasteiger partial charge in [-0.2, -0.15) is 0 Å². The normalized spacial score (nSPS) is 18.7. The molecule has 40 heavy (non-hydrogen) atoms. The molecule has 0 radical (unpaired) electrons. The Morgan fingerprint density at radius 2 is 1.95 bits per heavy atom. The van der Waals surface area contributed by atoms with Crippen LogP contribution in [-0.2, 0) is 22.5 Å². The van der Waals surface area contributed by atoms with Crippen molar-refractivity contribution in [2.75, 3.05) is 31.2 Å². The lowest BCUT2D eigenvalue weighted by molar-refractivity contribution is -0.143. The highest BCUT2D eigenvalue weighted by atomic mass is 16.5. The Bertz CT molecular complexity index is 1410. The number of carbonyl (C=O) groups is 1. The first-order valence-corrected chi connectivity index (χ1v) is 14.5. The predicted octanol–water partition coefficient (Wildman–Crippen LogP) is 6.67. The molecule has 212 valence electrons. The fourth-order valence-corrected chi connectivity index (χ4v) is 6.58. The molecule has 0 bridgehead atoms. The molecule has 2 atom stereocenters. The minimum atomic E-state index is -0.309. The highest BCUT2D eigenvalue weighted by Crippen LogP contribution is 2.43. The van der Waals surface area contributed by atoms with Crippen molar-refractivity contribution in [2.45, 2.75) is 78.0 Å². The number of benzene rings is 3. The third-order valence-corrected chi connectivity index (χ3v) is 8.50. The van der Waals surface area contributed by atoms with E-state index in [2.05, 4.69) is 73.5 Å². The van der Waals surface area contributed by atoms with E-state index in [4.69, 9.17) is 15.2 Å². The van der Waals surface area contributed by atoms with Crippen molar-refractivity contribution in [3.63, 3.8) is 0 Å². The molecular formula is C34H43N3O3. The minimum Gasteiger partial charge on any atom is -0.486 e. The van der Waals surface area contributed by atoms with E-state index in [1.165, 1.54) is 22.3 Å². The summed E-state index contributed by atoms with van der Waals surface area (Å²) in [5, 5.41) is 3.17. The van der Waals surface area contributed by atoms with Crippen LogP contribution in [0.25, 0.3) is 0 Å². The van der Waals surface area contributed by atoms with Crippen molar-refractivity contribution in [3.8, 4) is 5.75 Å². The van der Waals surface area contributed by atoms with Crippen LogP contribution in [0.5, 0.6) is 5.75 Å². The molecule has 2 aliphatic rings. The average Bonchev–Trinajstić information content (AvgIpc) is 3.28. The Morgan fingerprint density at radius 1 is 1.15 bits per heavy atom. The largest absolute Gasteiger partial charge is 0.486 e. The van der Waals surface area contributed by atoms with Crippen LogP contribution in [-0.4, -0.2) is 36.7 Å². The first kappa shape index (κ1) is 28.0. The second kappa shape index (κ2) is 11.2. The van der Waals surface area contributed by atoms with E-state index in [1.54, 1.807) is 0 Å². The van der Waals surface area contributed by atoms with Crippen LogP contribution < -0.4 is 15.8 Å². The topological polar surface area (TPSA) is 76.8 Å². The lowest BCUT2D eigenvalue weighted by atomic mass is 9.84. The first-order valence-electron chi connectivity index (χ1n) is 14.5. The standard InChI is InChI=1S/C34H43N3O3/c1-7-39-32(38)18-27(26-12-13-29(36-6)33(35)22(26)3)24-10-9-23-11-14-30(28(23)17-24)37-19-25-16-21(2)8-15-31(25)40-34(4,5)20-37/h8-10,12-13,15-17,27,30,36H,7,11,14,18-20,35H2,1-6H3. The molecule has 0 saturated carbocycles. The summed E-state index contributed by atoms with van der Waals surface area (Å²) in [5.74, 6) is 0.641. The molecule has 2 unspecified atom stereocenters. The number of carbonyl (C=O) groups excluding carboxylic acids is 1. The third-order valence-electron chi connectivity index (χ3n) is 8.50. The van der Waals surface area contributed by atoms with E-state index >= 15 is 0 Å². The summed E-state index contributed by atoms with van der Waals surface area (Å²) in [4.78, 5) is 15.4. The second-order valence-corrected chi connectivity index (χ2v) is 11.9. The number of ether oxygens (including phenoxy) is 2. The summed E-state index contributed by atoms with van der Waals surface area (Å²) >= 11 is 0. The Balaban J connectivity index is 1.54. The van der Waals surface area contributed by atoms with Gasteiger partial charge in [0.2, 0.25) is 0 Å². The van der Waals surface area contributed by atoms with Crippen molar-refractivity contribution < 1.29 is 14.3 Å². The molecule has 3 aromatic carbocycles. The van der Waals surface area contributed by atoms with Gasteiger partial charge in [0.1, 0.15) is 11.4 Å². The number of nitrogens with zero attached hydrogens (tertiary/aromatic N) is 1. The first-order chi connectivity index (χ1) is 19.1. The van der Waals surface area contributed by atoms with Gasteiger partial charge in [-0.1, -0.05) is 42.0 Å². The van der Waals surface area contributed by atoms with Gasteiger partial charge >= 0.3 is 5.97 Å². The van der Waals surface area contributed by atoms with E-state index in [0.29, 0.717) is 12.3 Å². The van der Waals surface area contributed by atoms with Crippen LogP contribution >= 0.6 is 0 Å². The van der Waals surface area contributed by atoms with Crippen molar-refractivity contribution in [2.24, 2.45) is 0 Å². The van der Waals surface area contributed by atoms with Crippen molar-refractivity contribution in [1.82, 2.24) is 4.90 Å². The summed E-state index contributed by atoms with van der Waals surface area (Å²) in [7, 11) is 1.87. The van der Waals surface area contributed by atoms with Gasteiger partial charge in [-0.25, -0.2) is 0 Å². The molecule has 5 rings (SSSR count). The lowest BCUT2D eigenvalue weighted by Crippen LogP contribution is -2.41. The quantitative estimate of drug-likeness (QED) is 0.257. The predicted molar refractivity (Wildman–Crippen MR) is 162 cm³/mol. The van der Waals surface area contributed by atoms with Crippen molar-refractivity contribution in [1.29, 1.82) is 0 Å². The van der Waals surface area contributed by atoms with Gasteiger partial charge in [0.25, 0.3) is 0 Å². The molecule has 0 saturated heterocycles. The number of anilines is 2. The van der Waals surface area contributed by atoms with Crippen LogP contribution in [0.4, 0.5) is 11.4 Å². The third kappa shape index (κ3) is 5.55. The van der Waals surface area contributed by atoms with Gasteiger partial charge in [0.15, 0.2) is 0 Å². The number of esters is 1. The average molecular weight is 542 g/mol. The number of aryl methyl sites for hydroxylation is 2.